The molecule has 2 bridgehead atoms. The van der Waals surface area contributed by atoms with E-state index < -0.39 is 13.9 Å². The lowest BCUT2D eigenvalue weighted by Crippen LogP contribution is -2.45. The molecule has 3 heterocycles. The van der Waals surface area contributed by atoms with Gasteiger partial charge in [-0.1, -0.05) is 20.8 Å². The lowest BCUT2D eigenvalue weighted by atomic mass is 9.91. The number of fused-ring (bicyclic) bond motifs is 1. The minimum Gasteiger partial charge on any atom is -0.541 e. The Labute approximate surface area is 121 Å². The molecule has 112 valence electrons. The van der Waals surface area contributed by atoms with Crippen LogP contribution in [0.15, 0.2) is 11.8 Å². The van der Waals surface area contributed by atoms with Crippen molar-refractivity contribution < 1.29 is 18.7 Å². The minimum atomic E-state index is -2.00. The highest BCUT2D eigenvalue weighted by Crippen LogP contribution is 2.48. The van der Waals surface area contributed by atoms with Gasteiger partial charge in [0.2, 0.25) is 5.78 Å². The summed E-state index contributed by atoms with van der Waals surface area (Å²) in [6, 6.07) is 0. The normalized spacial score (nSPS) is 36.9. The molecule has 2 saturated heterocycles. The second-order valence-electron chi connectivity index (χ2n) is 7.74. The highest BCUT2D eigenvalue weighted by atomic mass is 28.4. The van der Waals surface area contributed by atoms with Crippen LogP contribution in [0.25, 0.3) is 0 Å². The molecular formula is C15H24O4Si. The third-order valence-electron chi connectivity index (χ3n) is 5.28. The molecule has 0 aromatic rings. The summed E-state index contributed by atoms with van der Waals surface area (Å²) < 4.78 is 17.7. The third-order valence-corrected chi connectivity index (χ3v) is 9.62. The maximum Gasteiger partial charge on any atom is 0.250 e. The molecule has 20 heavy (non-hydrogen) atoms. The van der Waals surface area contributed by atoms with E-state index in [9.17, 15) is 4.79 Å². The molecule has 0 radical (unpaired) electrons. The first-order valence-electron chi connectivity index (χ1n) is 7.36. The van der Waals surface area contributed by atoms with Crippen molar-refractivity contribution in [3.8, 4) is 0 Å². The number of carbonyl (C=O) groups excluding carboxylic acids is 1. The molecule has 0 aliphatic carbocycles. The predicted octanol–water partition coefficient (Wildman–Crippen LogP) is 2.65. The molecule has 3 aliphatic rings. The molecule has 0 amide bonds. The molecule has 0 unspecified atom stereocenters. The highest BCUT2D eigenvalue weighted by Gasteiger charge is 2.57. The topological polar surface area (TPSA) is 44.8 Å². The smallest absolute Gasteiger partial charge is 0.250 e. The molecular weight excluding hydrogens is 272 g/mol. The molecule has 1 spiro atoms. The second kappa shape index (κ2) is 4.18. The van der Waals surface area contributed by atoms with Crippen LogP contribution in [0.3, 0.4) is 0 Å². The van der Waals surface area contributed by atoms with Crippen LogP contribution in [0.1, 0.15) is 27.2 Å². The van der Waals surface area contributed by atoms with Gasteiger partial charge in [0.05, 0.1) is 13.2 Å². The van der Waals surface area contributed by atoms with E-state index >= 15 is 0 Å². The first kappa shape index (κ1) is 14.3. The average Bonchev–Trinajstić information content (AvgIpc) is 2.78. The fourth-order valence-corrected chi connectivity index (χ4v) is 3.92. The van der Waals surface area contributed by atoms with Gasteiger partial charge in [0.1, 0.15) is 17.5 Å². The maximum absolute atomic E-state index is 12.5. The standard InChI is InChI=1S/C15H24O4Si/c1-14(2,3)20(4,5)19-12-7-15-9-17-8-10(15)6-11(18-15)13(12)16/h7,10-11H,6,8-9H2,1-5H3/t10-,11-,15-/m1/s1. The molecule has 0 aromatic heterocycles. The summed E-state index contributed by atoms with van der Waals surface area (Å²) in [5, 5.41) is 0.0781. The summed E-state index contributed by atoms with van der Waals surface area (Å²) in [4.78, 5) is 12.5. The highest BCUT2D eigenvalue weighted by molar-refractivity contribution is 6.74. The van der Waals surface area contributed by atoms with Gasteiger partial charge in [0.15, 0.2) is 0 Å². The Morgan fingerprint density at radius 2 is 2.10 bits per heavy atom. The maximum atomic E-state index is 12.5. The Kier molecular flexibility index (Phi) is 2.99. The number of hydrogen-bond donors (Lipinski definition) is 0. The number of carbonyl (C=O) groups is 1. The van der Waals surface area contributed by atoms with E-state index in [4.69, 9.17) is 13.9 Å². The molecule has 3 aliphatic heterocycles. The summed E-state index contributed by atoms with van der Waals surface area (Å²) >= 11 is 0. The monoisotopic (exact) mass is 296 g/mol. The molecule has 3 atom stereocenters. The summed E-state index contributed by atoms with van der Waals surface area (Å²) in [6.07, 6.45) is 2.35. The summed E-state index contributed by atoms with van der Waals surface area (Å²) in [5.41, 5.74) is -0.406. The van der Waals surface area contributed by atoms with Crippen LogP contribution in [0, 0.1) is 5.92 Å². The van der Waals surface area contributed by atoms with Crippen LogP contribution < -0.4 is 0 Å². The predicted molar refractivity (Wildman–Crippen MR) is 77.9 cm³/mol. The molecule has 3 rings (SSSR count). The van der Waals surface area contributed by atoms with Crippen molar-refractivity contribution in [2.75, 3.05) is 13.2 Å². The van der Waals surface area contributed by atoms with Gasteiger partial charge in [-0.2, -0.15) is 0 Å². The summed E-state index contributed by atoms with van der Waals surface area (Å²) in [5.74, 6) is 0.854. The Balaban J connectivity index is 1.90. The van der Waals surface area contributed by atoms with Gasteiger partial charge in [0.25, 0.3) is 8.32 Å². The molecule has 0 saturated carbocycles. The van der Waals surface area contributed by atoms with Crippen LogP contribution in [0.5, 0.6) is 0 Å². The van der Waals surface area contributed by atoms with Crippen molar-refractivity contribution in [2.45, 2.75) is 57.0 Å². The van der Waals surface area contributed by atoms with E-state index in [1.165, 1.54) is 0 Å². The second-order valence-corrected chi connectivity index (χ2v) is 12.5. The Morgan fingerprint density at radius 1 is 1.40 bits per heavy atom. The Morgan fingerprint density at radius 3 is 2.75 bits per heavy atom. The van der Waals surface area contributed by atoms with E-state index in [0.717, 1.165) is 6.42 Å². The van der Waals surface area contributed by atoms with Crippen molar-refractivity contribution in [1.29, 1.82) is 0 Å². The van der Waals surface area contributed by atoms with Crippen LogP contribution in [-0.4, -0.2) is 39.0 Å². The largest absolute Gasteiger partial charge is 0.541 e. The summed E-state index contributed by atoms with van der Waals surface area (Å²) in [7, 11) is -2.00. The molecule has 0 aromatic carbocycles. The summed E-state index contributed by atoms with van der Waals surface area (Å²) in [6.45, 7) is 12.1. The zero-order valence-electron chi connectivity index (χ0n) is 13.0. The van der Waals surface area contributed by atoms with Crippen LogP contribution in [0.4, 0.5) is 0 Å². The molecule has 2 fully saturated rings. The number of hydrogen-bond acceptors (Lipinski definition) is 4. The van der Waals surface area contributed by atoms with Crippen LogP contribution >= 0.6 is 0 Å². The Hall–Kier alpha value is -0.653. The van der Waals surface area contributed by atoms with Crippen molar-refractivity contribution in [2.24, 2.45) is 5.92 Å². The molecule has 4 nitrogen and oxygen atoms in total. The van der Waals surface area contributed by atoms with Gasteiger partial charge < -0.3 is 13.9 Å². The lowest BCUT2D eigenvalue weighted by Gasteiger charge is -2.39. The number of rotatable bonds is 2. The lowest BCUT2D eigenvalue weighted by molar-refractivity contribution is -0.135. The van der Waals surface area contributed by atoms with Gasteiger partial charge in [-0.25, -0.2) is 0 Å². The van der Waals surface area contributed by atoms with E-state index in [0.29, 0.717) is 24.9 Å². The van der Waals surface area contributed by atoms with E-state index in [1.807, 2.05) is 6.08 Å². The zero-order valence-corrected chi connectivity index (χ0v) is 14.0. The quantitative estimate of drug-likeness (QED) is 0.735. The van der Waals surface area contributed by atoms with Gasteiger partial charge in [0, 0.05) is 5.92 Å². The first-order valence-corrected chi connectivity index (χ1v) is 10.3. The van der Waals surface area contributed by atoms with Crippen molar-refractivity contribution >= 4 is 14.1 Å². The zero-order chi connectivity index (χ0) is 14.8. The van der Waals surface area contributed by atoms with Gasteiger partial charge >= 0.3 is 0 Å². The minimum absolute atomic E-state index is 0.0230. The van der Waals surface area contributed by atoms with Crippen molar-refractivity contribution in [1.82, 2.24) is 0 Å². The number of ether oxygens (including phenoxy) is 2. The van der Waals surface area contributed by atoms with E-state index in [-0.39, 0.29) is 16.9 Å². The number of Topliss-reactive ketones (excluding diaryl/α,β-unsaturated/α-hetero) is 1. The third kappa shape index (κ3) is 1.98. The van der Waals surface area contributed by atoms with Crippen LogP contribution in [0.2, 0.25) is 18.1 Å². The molecule has 5 heteroatoms. The fourth-order valence-electron chi connectivity index (χ4n) is 2.90. The van der Waals surface area contributed by atoms with E-state index in [1.54, 1.807) is 0 Å². The van der Waals surface area contributed by atoms with Gasteiger partial charge in [-0.15, -0.1) is 0 Å². The first-order chi connectivity index (χ1) is 9.15. The van der Waals surface area contributed by atoms with E-state index in [2.05, 4.69) is 33.9 Å². The van der Waals surface area contributed by atoms with Crippen molar-refractivity contribution in [3.63, 3.8) is 0 Å². The average molecular weight is 296 g/mol. The van der Waals surface area contributed by atoms with Gasteiger partial charge in [-0.05, 0) is 30.6 Å². The van der Waals surface area contributed by atoms with Crippen LogP contribution in [-0.2, 0) is 18.7 Å². The Bertz CT molecular complexity index is 477. The fraction of sp³-hybridized carbons (Fsp3) is 0.800. The molecule has 0 N–H and O–H groups in total. The van der Waals surface area contributed by atoms with Gasteiger partial charge in [-0.3, -0.25) is 4.79 Å². The van der Waals surface area contributed by atoms with Crippen molar-refractivity contribution in [3.05, 3.63) is 11.8 Å². The SMILES string of the molecule is CC(C)(C)[Si](C)(C)OC1=C[C@@]23COC[C@H]2C[C@@H](O3)C1=O. The number of ketones is 1.